The first-order valence-corrected chi connectivity index (χ1v) is 6.93. The fourth-order valence-corrected chi connectivity index (χ4v) is 2.18. The molecule has 0 N–H and O–H groups in total. The molecule has 0 aliphatic rings. The first-order chi connectivity index (χ1) is 7.24. The maximum absolute atomic E-state index is 2.46. The Labute approximate surface area is 97.2 Å². The van der Waals surface area contributed by atoms with Crippen molar-refractivity contribution in [2.24, 2.45) is 5.92 Å². The van der Waals surface area contributed by atoms with Gasteiger partial charge in [-0.15, -0.1) is 0 Å². The second kappa shape index (κ2) is 10.5. The normalized spacial score (nSPS) is 11.6. The molecule has 0 saturated heterocycles. The van der Waals surface area contributed by atoms with Crippen LogP contribution in [0.2, 0.25) is 0 Å². The quantitative estimate of drug-likeness (QED) is 0.488. The summed E-state index contributed by atoms with van der Waals surface area (Å²) in [5.41, 5.74) is 0. The lowest BCUT2D eigenvalue weighted by Crippen LogP contribution is -2.20. The van der Waals surface area contributed by atoms with Crippen LogP contribution in [0, 0.1) is 5.92 Å². The fourth-order valence-electron chi connectivity index (χ4n) is 2.18. The molecule has 1 nitrogen and oxygen atoms in total. The van der Waals surface area contributed by atoms with Crippen LogP contribution >= 0.6 is 0 Å². The first kappa shape index (κ1) is 15.0. The largest absolute Gasteiger partial charge is 0.306 e. The minimum atomic E-state index is 0.985. The average Bonchev–Trinajstić information content (AvgIpc) is 2.24. The van der Waals surface area contributed by atoms with Gasteiger partial charge in [-0.1, -0.05) is 52.9 Å². The van der Waals surface area contributed by atoms with E-state index in [2.05, 4.69) is 32.7 Å². The molecule has 0 aromatic heterocycles. The van der Waals surface area contributed by atoms with Gasteiger partial charge in [0.05, 0.1) is 0 Å². The van der Waals surface area contributed by atoms with Gasteiger partial charge in [0.15, 0.2) is 0 Å². The standard InChI is InChI=1S/C14H31N/c1-5-12-15(4)13-10-8-9-11-14(6-2)7-3/h14H,5-13H2,1-4H3. The van der Waals surface area contributed by atoms with Crippen molar-refractivity contribution in [2.75, 3.05) is 20.1 Å². The summed E-state index contributed by atoms with van der Waals surface area (Å²) in [5, 5.41) is 0. The zero-order valence-corrected chi connectivity index (χ0v) is 11.4. The summed E-state index contributed by atoms with van der Waals surface area (Å²) in [5.74, 6) is 0.985. The van der Waals surface area contributed by atoms with Crippen LogP contribution in [0.3, 0.4) is 0 Å². The number of hydrogen-bond donors (Lipinski definition) is 0. The van der Waals surface area contributed by atoms with Crippen LogP contribution in [0.15, 0.2) is 0 Å². The zero-order chi connectivity index (χ0) is 11.5. The smallest absolute Gasteiger partial charge is 0.00218 e. The molecule has 0 aliphatic carbocycles. The molecule has 92 valence electrons. The van der Waals surface area contributed by atoms with Crippen LogP contribution in [-0.4, -0.2) is 25.0 Å². The van der Waals surface area contributed by atoms with Crippen molar-refractivity contribution in [1.82, 2.24) is 4.90 Å². The maximum Gasteiger partial charge on any atom is -0.00218 e. The summed E-state index contributed by atoms with van der Waals surface area (Å²) >= 11 is 0. The maximum atomic E-state index is 2.46. The molecule has 0 heterocycles. The Kier molecular flexibility index (Phi) is 10.4. The molecule has 15 heavy (non-hydrogen) atoms. The Hall–Kier alpha value is -0.0400. The van der Waals surface area contributed by atoms with E-state index in [9.17, 15) is 0 Å². The minimum absolute atomic E-state index is 0.985. The molecule has 0 spiro atoms. The Balaban J connectivity index is 3.23. The third-order valence-electron chi connectivity index (χ3n) is 3.41. The minimum Gasteiger partial charge on any atom is -0.306 e. The van der Waals surface area contributed by atoms with Crippen LogP contribution in [0.5, 0.6) is 0 Å². The average molecular weight is 213 g/mol. The van der Waals surface area contributed by atoms with Crippen LogP contribution < -0.4 is 0 Å². The number of unbranched alkanes of at least 4 members (excludes halogenated alkanes) is 2. The molecule has 0 rings (SSSR count). The zero-order valence-electron chi connectivity index (χ0n) is 11.4. The fraction of sp³-hybridized carbons (Fsp3) is 1.00. The molecule has 0 aliphatic heterocycles. The van der Waals surface area contributed by atoms with Crippen LogP contribution in [0.4, 0.5) is 0 Å². The molecule has 0 unspecified atom stereocenters. The molecule has 0 aromatic rings. The van der Waals surface area contributed by atoms with E-state index in [1.165, 1.54) is 58.0 Å². The summed E-state index contributed by atoms with van der Waals surface area (Å²) in [6.07, 6.45) is 9.71. The number of rotatable bonds is 10. The van der Waals surface area contributed by atoms with Crippen molar-refractivity contribution in [2.45, 2.75) is 65.7 Å². The third-order valence-corrected chi connectivity index (χ3v) is 3.41. The van der Waals surface area contributed by atoms with Gasteiger partial charge in [-0.25, -0.2) is 0 Å². The molecule has 0 amide bonds. The van der Waals surface area contributed by atoms with E-state index in [0.717, 1.165) is 5.92 Å². The van der Waals surface area contributed by atoms with E-state index in [-0.39, 0.29) is 0 Å². The highest BCUT2D eigenvalue weighted by Crippen LogP contribution is 2.16. The van der Waals surface area contributed by atoms with Gasteiger partial charge < -0.3 is 4.90 Å². The van der Waals surface area contributed by atoms with E-state index in [1.54, 1.807) is 0 Å². The molecular weight excluding hydrogens is 182 g/mol. The molecule has 0 saturated carbocycles. The molecule has 0 radical (unpaired) electrons. The molecule has 0 atom stereocenters. The Bertz CT molecular complexity index is 119. The molecule has 0 fully saturated rings. The SMILES string of the molecule is CCCN(C)CCCCCC(CC)CC. The summed E-state index contributed by atoms with van der Waals surface area (Å²) in [6.45, 7) is 9.44. The van der Waals surface area contributed by atoms with E-state index in [4.69, 9.17) is 0 Å². The van der Waals surface area contributed by atoms with Crippen molar-refractivity contribution in [3.05, 3.63) is 0 Å². The molecule has 1 heteroatoms. The van der Waals surface area contributed by atoms with Crippen LogP contribution in [-0.2, 0) is 0 Å². The van der Waals surface area contributed by atoms with Crippen molar-refractivity contribution in [1.29, 1.82) is 0 Å². The number of nitrogens with zero attached hydrogens (tertiary/aromatic N) is 1. The van der Waals surface area contributed by atoms with Crippen LogP contribution in [0.25, 0.3) is 0 Å². The van der Waals surface area contributed by atoms with Crippen molar-refractivity contribution < 1.29 is 0 Å². The van der Waals surface area contributed by atoms with Gasteiger partial charge in [0.1, 0.15) is 0 Å². The van der Waals surface area contributed by atoms with E-state index < -0.39 is 0 Å². The first-order valence-electron chi connectivity index (χ1n) is 6.93. The lowest BCUT2D eigenvalue weighted by Gasteiger charge is -2.15. The van der Waals surface area contributed by atoms with Gasteiger partial charge in [0.2, 0.25) is 0 Å². The van der Waals surface area contributed by atoms with Crippen molar-refractivity contribution in [3.8, 4) is 0 Å². The monoisotopic (exact) mass is 213 g/mol. The predicted octanol–water partition coefficient (Wildman–Crippen LogP) is 4.32. The highest BCUT2D eigenvalue weighted by atomic mass is 15.1. The van der Waals surface area contributed by atoms with E-state index in [1.807, 2.05) is 0 Å². The molecular formula is C14H31N. The highest BCUT2D eigenvalue weighted by Gasteiger charge is 2.02. The van der Waals surface area contributed by atoms with Crippen molar-refractivity contribution >= 4 is 0 Å². The summed E-state index contributed by atoms with van der Waals surface area (Å²) in [4.78, 5) is 2.46. The predicted molar refractivity (Wildman–Crippen MR) is 70.3 cm³/mol. The topological polar surface area (TPSA) is 3.24 Å². The van der Waals surface area contributed by atoms with Gasteiger partial charge in [0.25, 0.3) is 0 Å². The van der Waals surface area contributed by atoms with E-state index >= 15 is 0 Å². The lowest BCUT2D eigenvalue weighted by atomic mass is 9.96. The van der Waals surface area contributed by atoms with Gasteiger partial charge >= 0.3 is 0 Å². The Morgan fingerprint density at radius 1 is 0.867 bits per heavy atom. The second-order valence-electron chi connectivity index (χ2n) is 4.84. The Morgan fingerprint density at radius 2 is 1.53 bits per heavy atom. The molecule has 0 aromatic carbocycles. The highest BCUT2D eigenvalue weighted by molar-refractivity contribution is 4.56. The van der Waals surface area contributed by atoms with E-state index in [0.29, 0.717) is 0 Å². The summed E-state index contributed by atoms with van der Waals surface area (Å²) in [7, 11) is 2.24. The van der Waals surface area contributed by atoms with Crippen molar-refractivity contribution in [3.63, 3.8) is 0 Å². The summed E-state index contributed by atoms with van der Waals surface area (Å²) in [6, 6.07) is 0. The van der Waals surface area contributed by atoms with Gasteiger partial charge in [-0.3, -0.25) is 0 Å². The van der Waals surface area contributed by atoms with Gasteiger partial charge in [-0.05, 0) is 38.9 Å². The lowest BCUT2D eigenvalue weighted by molar-refractivity contribution is 0.320. The second-order valence-corrected chi connectivity index (χ2v) is 4.84. The Morgan fingerprint density at radius 3 is 2.07 bits per heavy atom. The molecule has 0 bridgehead atoms. The summed E-state index contributed by atoms with van der Waals surface area (Å²) < 4.78 is 0. The van der Waals surface area contributed by atoms with Gasteiger partial charge in [0, 0.05) is 0 Å². The third kappa shape index (κ3) is 8.92. The number of hydrogen-bond acceptors (Lipinski definition) is 1. The van der Waals surface area contributed by atoms with Crippen LogP contribution in [0.1, 0.15) is 65.7 Å². The van der Waals surface area contributed by atoms with Gasteiger partial charge in [-0.2, -0.15) is 0 Å².